The molecule has 0 aromatic heterocycles. The van der Waals surface area contributed by atoms with E-state index in [1.54, 1.807) is 45.0 Å². The highest BCUT2D eigenvalue weighted by Gasteiger charge is 2.18. The van der Waals surface area contributed by atoms with E-state index in [4.69, 9.17) is 4.74 Å². The standard InChI is InChI=1S/C20H22N2O5/c1-20(2,3)27-19(26)22-21-18(25)16-7-5-4-6-14(16)12-17(24)13-8-10-15(23)11-9-13/h4-11,23H,12H2,1-3H3,(H,21,25)(H,22,26). The fourth-order valence-corrected chi connectivity index (χ4v) is 2.30. The highest BCUT2D eigenvalue weighted by atomic mass is 16.6. The molecule has 0 radical (unpaired) electrons. The van der Waals surface area contributed by atoms with Crippen molar-refractivity contribution in [1.82, 2.24) is 10.9 Å². The molecule has 0 spiro atoms. The molecule has 2 aromatic rings. The Balaban J connectivity index is 2.06. The van der Waals surface area contributed by atoms with Gasteiger partial charge in [0, 0.05) is 17.5 Å². The molecule has 0 aliphatic rings. The Hall–Kier alpha value is -3.35. The van der Waals surface area contributed by atoms with E-state index in [1.807, 2.05) is 0 Å². The molecule has 0 unspecified atom stereocenters. The largest absolute Gasteiger partial charge is 0.508 e. The van der Waals surface area contributed by atoms with Crippen LogP contribution in [0.15, 0.2) is 48.5 Å². The first-order valence-corrected chi connectivity index (χ1v) is 8.35. The normalized spacial score (nSPS) is 10.8. The molecular formula is C20H22N2O5. The van der Waals surface area contributed by atoms with Crippen molar-refractivity contribution in [2.24, 2.45) is 0 Å². The molecule has 2 aromatic carbocycles. The Morgan fingerprint density at radius 1 is 0.963 bits per heavy atom. The van der Waals surface area contributed by atoms with Crippen molar-refractivity contribution in [2.75, 3.05) is 0 Å². The van der Waals surface area contributed by atoms with Crippen LogP contribution >= 0.6 is 0 Å². The Morgan fingerprint density at radius 3 is 2.22 bits per heavy atom. The van der Waals surface area contributed by atoms with Gasteiger partial charge in [0.15, 0.2) is 5.78 Å². The molecule has 7 nitrogen and oxygen atoms in total. The van der Waals surface area contributed by atoms with E-state index in [0.29, 0.717) is 11.1 Å². The van der Waals surface area contributed by atoms with Gasteiger partial charge in [0.2, 0.25) is 0 Å². The molecule has 142 valence electrons. The number of benzene rings is 2. The third-order valence-electron chi connectivity index (χ3n) is 3.48. The minimum atomic E-state index is -0.784. The number of hydrogen-bond acceptors (Lipinski definition) is 5. The van der Waals surface area contributed by atoms with E-state index in [1.165, 1.54) is 24.3 Å². The molecule has 0 saturated heterocycles. The number of phenols is 1. The summed E-state index contributed by atoms with van der Waals surface area (Å²) in [5.74, 6) is -0.690. The van der Waals surface area contributed by atoms with Crippen LogP contribution < -0.4 is 10.9 Å². The van der Waals surface area contributed by atoms with E-state index in [-0.39, 0.29) is 23.5 Å². The van der Waals surface area contributed by atoms with E-state index < -0.39 is 17.6 Å². The average molecular weight is 370 g/mol. The van der Waals surface area contributed by atoms with Crippen LogP contribution in [0.3, 0.4) is 0 Å². The predicted octanol–water partition coefficient (Wildman–Crippen LogP) is 2.99. The number of ether oxygens (including phenoxy) is 1. The van der Waals surface area contributed by atoms with Crippen LogP contribution in [-0.2, 0) is 11.2 Å². The van der Waals surface area contributed by atoms with Crippen LogP contribution in [0.5, 0.6) is 5.75 Å². The summed E-state index contributed by atoms with van der Waals surface area (Å²) in [6, 6.07) is 12.5. The predicted molar refractivity (Wildman–Crippen MR) is 99.4 cm³/mol. The summed E-state index contributed by atoms with van der Waals surface area (Å²) >= 11 is 0. The van der Waals surface area contributed by atoms with Gasteiger partial charge >= 0.3 is 6.09 Å². The Bertz CT molecular complexity index is 838. The van der Waals surface area contributed by atoms with Gasteiger partial charge in [-0.15, -0.1) is 0 Å². The number of Topliss-reactive ketones (excluding diaryl/α,β-unsaturated/α-hetero) is 1. The van der Waals surface area contributed by atoms with E-state index in [2.05, 4.69) is 10.9 Å². The van der Waals surface area contributed by atoms with E-state index >= 15 is 0 Å². The second kappa shape index (κ2) is 8.35. The maximum absolute atomic E-state index is 12.4. The molecular weight excluding hydrogens is 348 g/mol. The first-order valence-electron chi connectivity index (χ1n) is 8.35. The van der Waals surface area contributed by atoms with Crippen LogP contribution in [0.25, 0.3) is 0 Å². The molecule has 2 amide bonds. The van der Waals surface area contributed by atoms with Crippen molar-refractivity contribution < 1.29 is 24.2 Å². The summed E-state index contributed by atoms with van der Waals surface area (Å²) < 4.78 is 5.05. The Kier molecular flexibility index (Phi) is 6.18. The monoisotopic (exact) mass is 370 g/mol. The number of aromatic hydroxyl groups is 1. The number of hydrogen-bond donors (Lipinski definition) is 3. The van der Waals surface area contributed by atoms with Crippen molar-refractivity contribution in [3.05, 3.63) is 65.2 Å². The molecule has 0 aliphatic carbocycles. The minimum Gasteiger partial charge on any atom is -0.508 e. The summed E-state index contributed by atoms with van der Waals surface area (Å²) in [5, 5.41) is 9.31. The average Bonchev–Trinajstić information content (AvgIpc) is 2.59. The molecule has 0 bridgehead atoms. The lowest BCUT2D eigenvalue weighted by molar-refractivity contribution is 0.0483. The van der Waals surface area contributed by atoms with Crippen molar-refractivity contribution in [3.63, 3.8) is 0 Å². The zero-order chi connectivity index (χ0) is 20.0. The molecule has 0 fully saturated rings. The molecule has 27 heavy (non-hydrogen) atoms. The van der Waals surface area contributed by atoms with Gasteiger partial charge in [-0.05, 0) is 56.7 Å². The minimum absolute atomic E-state index is 0.000800. The number of carbonyl (C=O) groups excluding carboxylic acids is 3. The summed E-state index contributed by atoms with van der Waals surface area (Å²) in [6.07, 6.45) is -0.783. The van der Waals surface area contributed by atoms with E-state index in [9.17, 15) is 19.5 Å². The van der Waals surface area contributed by atoms with Crippen LogP contribution in [-0.4, -0.2) is 28.5 Å². The molecule has 0 aliphatic heterocycles. The van der Waals surface area contributed by atoms with Gasteiger partial charge < -0.3 is 9.84 Å². The van der Waals surface area contributed by atoms with Gasteiger partial charge in [-0.2, -0.15) is 0 Å². The van der Waals surface area contributed by atoms with Crippen molar-refractivity contribution in [2.45, 2.75) is 32.8 Å². The Morgan fingerprint density at radius 2 is 1.59 bits per heavy atom. The molecule has 2 rings (SSSR count). The Labute approximate surface area is 157 Å². The van der Waals surface area contributed by atoms with Gasteiger partial charge in [-0.1, -0.05) is 18.2 Å². The number of phenolic OH excluding ortho intramolecular Hbond substituents is 1. The maximum Gasteiger partial charge on any atom is 0.426 e. The first-order chi connectivity index (χ1) is 12.7. The fraction of sp³-hybridized carbons (Fsp3) is 0.250. The number of rotatable bonds is 4. The molecule has 0 heterocycles. The zero-order valence-corrected chi connectivity index (χ0v) is 15.4. The zero-order valence-electron chi connectivity index (χ0n) is 15.4. The smallest absolute Gasteiger partial charge is 0.426 e. The van der Waals surface area contributed by atoms with Crippen molar-refractivity contribution in [1.29, 1.82) is 0 Å². The first kappa shape index (κ1) is 20.0. The summed E-state index contributed by atoms with van der Waals surface area (Å²) in [7, 11) is 0. The van der Waals surface area contributed by atoms with Crippen molar-refractivity contribution >= 4 is 17.8 Å². The van der Waals surface area contributed by atoms with Gasteiger partial charge in [-0.3, -0.25) is 15.0 Å². The van der Waals surface area contributed by atoms with Gasteiger partial charge in [0.25, 0.3) is 5.91 Å². The number of ketones is 1. The summed E-state index contributed by atoms with van der Waals surface area (Å²) in [4.78, 5) is 36.4. The fourth-order valence-electron chi connectivity index (χ4n) is 2.30. The topological polar surface area (TPSA) is 105 Å². The summed E-state index contributed by atoms with van der Waals surface area (Å²) in [5.41, 5.74) is 4.97. The van der Waals surface area contributed by atoms with Gasteiger partial charge in [0.05, 0.1) is 0 Å². The van der Waals surface area contributed by atoms with Gasteiger partial charge in [-0.25, -0.2) is 10.2 Å². The lowest BCUT2D eigenvalue weighted by Crippen LogP contribution is -2.44. The lowest BCUT2D eigenvalue weighted by Gasteiger charge is -2.20. The number of amides is 2. The second-order valence-corrected chi connectivity index (χ2v) is 6.88. The SMILES string of the molecule is CC(C)(C)OC(=O)NNC(=O)c1ccccc1CC(=O)c1ccc(O)cc1. The van der Waals surface area contributed by atoms with Crippen LogP contribution in [0.2, 0.25) is 0 Å². The molecule has 3 N–H and O–H groups in total. The molecule has 7 heteroatoms. The van der Waals surface area contributed by atoms with E-state index in [0.717, 1.165) is 0 Å². The second-order valence-electron chi connectivity index (χ2n) is 6.88. The third kappa shape index (κ3) is 6.14. The van der Waals surface area contributed by atoms with Gasteiger partial charge in [0.1, 0.15) is 11.4 Å². The molecule has 0 saturated carbocycles. The molecule has 0 atom stereocenters. The summed E-state index contributed by atoms with van der Waals surface area (Å²) in [6.45, 7) is 5.12. The quantitative estimate of drug-likeness (QED) is 0.567. The van der Waals surface area contributed by atoms with Crippen LogP contribution in [0.1, 0.15) is 47.1 Å². The van der Waals surface area contributed by atoms with Crippen LogP contribution in [0.4, 0.5) is 4.79 Å². The third-order valence-corrected chi connectivity index (χ3v) is 3.48. The number of carbonyl (C=O) groups is 3. The highest BCUT2D eigenvalue weighted by Crippen LogP contribution is 2.15. The lowest BCUT2D eigenvalue weighted by atomic mass is 9.98. The number of hydrazine groups is 1. The highest BCUT2D eigenvalue weighted by molar-refractivity contribution is 6.01. The van der Waals surface area contributed by atoms with Crippen molar-refractivity contribution in [3.8, 4) is 5.75 Å². The number of nitrogens with one attached hydrogen (secondary N) is 2. The maximum atomic E-state index is 12.4. The van der Waals surface area contributed by atoms with Crippen LogP contribution in [0, 0.1) is 0 Å².